The molecular formula is C14H13N3OS. The standard InChI is InChI=1S/C14H13N3OS/c1-9-10(2)19-13(17-9)8-16-14(18)12-5-3-4-11(6-12)7-15/h3-6H,8H2,1-2H3,(H,16,18). The van der Waals surface area contributed by atoms with Crippen molar-refractivity contribution in [1.29, 1.82) is 5.26 Å². The molecular weight excluding hydrogens is 258 g/mol. The second-order valence-electron chi connectivity index (χ2n) is 4.12. The molecule has 0 unspecified atom stereocenters. The van der Waals surface area contributed by atoms with Crippen molar-refractivity contribution in [2.45, 2.75) is 20.4 Å². The summed E-state index contributed by atoms with van der Waals surface area (Å²) in [4.78, 5) is 17.5. The van der Waals surface area contributed by atoms with Crippen LogP contribution in [0, 0.1) is 25.2 Å². The number of nitrogens with zero attached hydrogens (tertiary/aromatic N) is 2. The van der Waals surface area contributed by atoms with E-state index in [0.717, 1.165) is 15.6 Å². The first-order chi connectivity index (χ1) is 9.10. The molecule has 0 bridgehead atoms. The molecule has 0 spiro atoms. The minimum atomic E-state index is -0.192. The van der Waals surface area contributed by atoms with Crippen molar-refractivity contribution < 1.29 is 4.79 Å². The summed E-state index contributed by atoms with van der Waals surface area (Å²) in [6.45, 7) is 4.37. The molecule has 2 rings (SSSR count). The maximum Gasteiger partial charge on any atom is 0.251 e. The molecule has 2 aromatic rings. The van der Waals surface area contributed by atoms with Crippen LogP contribution in [0.2, 0.25) is 0 Å². The van der Waals surface area contributed by atoms with Gasteiger partial charge in [0.1, 0.15) is 5.01 Å². The quantitative estimate of drug-likeness (QED) is 0.933. The van der Waals surface area contributed by atoms with Crippen molar-refractivity contribution in [3.05, 3.63) is 51.0 Å². The molecule has 1 aromatic carbocycles. The van der Waals surface area contributed by atoms with E-state index < -0.39 is 0 Å². The molecule has 0 fully saturated rings. The maximum absolute atomic E-state index is 11.9. The van der Waals surface area contributed by atoms with Gasteiger partial charge in [-0.25, -0.2) is 4.98 Å². The first-order valence-electron chi connectivity index (χ1n) is 5.81. The lowest BCUT2D eigenvalue weighted by atomic mass is 10.1. The second-order valence-corrected chi connectivity index (χ2v) is 5.41. The molecule has 19 heavy (non-hydrogen) atoms. The molecule has 5 heteroatoms. The van der Waals surface area contributed by atoms with Gasteiger partial charge in [0.25, 0.3) is 5.91 Å². The summed E-state index contributed by atoms with van der Waals surface area (Å²) in [5.74, 6) is -0.192. The van der Waals surface area contributed by atoms with Crippen molar-refractivity contribution in [3.63, 3.8) is 0 Å². The van der Waals surface area contributed by atoms with Gasteiger partial charge in [-0.3, -0.25) is 4.79 Å². The molecule has 0 aliphatic heterocycles. The van der Waals surface area contributed by atoms with Crippen LogP contribution in [0.1, 0.15) is 31.5 Å². The van der Waals surface area contributed by atoms with E-state index in [2.05, 4.69) is 10.3 Å². The number of aromatic nitrogens is 1. The van der Waals surface area contributed by atoms with Crippen LogP contribution in [-0.2, 0) is 6.54 Å². The van der Waals surface area contributed by atoms with Gasteiger partial charge in [0.05, 0.1) is 23.9 Å². The fraction of sp³-hybridized carbons (Fsp3) is 0.214. The fourth-order valence-electron chi connectivity index (χ4n) is 1.60. The van der Waals surface area contributed by atoms with Crippen molar-refractivity contribution in [2.75, 3.05) is 0 Å². The van der Waals surface area contributed by atoms with Gasteiger partial charge in [0.15, 0.2) is 0 Å². The van der Waals surface area contributed by atoms with Crippen LogP contribution in [-0.4, -0.2) is 10.9 Å². The Bertz CT molecular complexity index is 635. The van der Waals surface area contributed by atoms with E-state index in [9.17, 15) is 4.79 Å². The molecule has 0 aliphatic rings. The van der Waals surface area contributed by atoms with E-state index in [1.54, 1.807) is 35.6 Å². The Morgan fingerprint density at radius 1 is 1.47 bits per heavy atom. The van der Waals surface area contributed by atoms with Crippen molar-refractivity contribution in [2.24, 2.45) is 0 Å². The molecule has 1 aromatic heterocycles. The van der Waals surface area contributed by atoms with Gasteiger partial charge in [-0.1, -0.05) is 6.07 Å². The minimum absolute atomic E-state index is 0.192. The first-order valence-corrected chi connectivity index (χ1v) is 6.63. The van der Waals surface area contributed by atoms with Crippen LogP contribution in [0.3, 0.4) is 0 Å². The number of hydrogen-bond donors (Lipinski definition) is 1. The third-order valence-corrected chi connectivity index (χ3v) is 3.80. The third-order valence-electron chi connectivity index (χ3n) is 2.73. The third kappa shape index (κ3) is 3.18. The topological polar surface area (TPSA) is 65.8 Å². The Morgan fingerprint density at radius 3 is 2.89 bits per heavy atom. The van der Waals surface area contributed by atoms with E-state index >= 15 is 0 Å². The Kier molecular flexibility index (Phi) is 3.93. The van der Waals surface area contributed by atoms with Gasteiger partial charge in [-0.2, -0.15) is 5.26 Å². The number of rotatable bonds is 3. The Labute approximate surface area is 115 Å². The number of nitriles is 1. The Morgan fingerprint density at radius 2 is 2.26 bits per heavy atom. The van der Waals surface area contributed by atoms with Gasteiger partial charge in [0.2, 0.25) is 0 Å². The number of thiazole rings is 1. The van der Waals surface area contributed by atoms with E-state index in [1.165, 1.54) is 0 Å². The van der Waals surface area contributed by atoms with Crippen LogP contribution < -0.4 is 5.32 Å². The lowest BCUT2D eigenvalue weighted by Crippen LogP contribution is -2.22. The highest BCUT2D eigenvalue weighted by atomic mass is 32.1. The second kappa shape index (κ2) is 5.63. The zero-order chi connectivity index (χ0) is 13.8. The van der Waals surface area contributed by atoms with Crippen molar-refractivity contribution in [1.82, 2.24) is 10.3 Å². The van der Waals surface area contributed by atoms with E-state index in [1.807, 2.05) is 19.9 Å². The predicted octanol–water partition coefficient (Wildman–Crippen LogP) is 2.56. The number of nitrogens with one attached hydrogen (secondary N) is 1. The number of benzene rings is 1. The summed E-state index contributed by atoms with van der Waals surface area (Å²) < 4.78 is 0. The van der Waals surface area contributed by atoms with E-state index in [-0.39, 0.29) is 5.91 Å². The zero-order valence-electron chi connectivity index (χ0n) is 10.7. The number of aryl methyl sites for hydroxylation is 2. The summed E-state index contributed by atoms with van der Waals surface area (Å²) in [7, 11) is 0. The average molecular weight is 271 g/mol. The Hall–Kier alpha value is -2.19. The minimum Gasteiger partial charge on any atom is -0.346 e. The SMILES string of the molecule is Cc1nc(CNC(=O)c2cccc(C#N)c2)sc1C. The monoisotopic (exact) mass is 271 g/mol. The van der Waals surface area contributed by atoms with E-state index in [4.69, 9.17) is 5.26 Å². The first kappa shape index (κ1) is 13.2. The van der Waals surface area contributed by atoms with Crippen LogP contribution in [0.25, 0.3) is 0 Å². The highest BCUT2D eigenvalue weighted by Gasteiger charge is 2.08. The predicted molar refractivity (Wildman–Crippen MR) is 73.9 cm³/mol. The van der Waals surface area contributed by atoms with Crippen molar-refractivity contribution in [3.8, 4) is 6.07 Å². The number of carbonyl (C=O) groups excluding carboxylic acids is 1. The summed E-state index contributed by atoms with van der Waals surface area (Å²) in [6, 6.07) is 8.65. The lowest BCUT2D eigenvalue weighted by Gasteiger charge is -2.03. The summed E-state index contributed by atoms with van der Waals surface area (Å²) in [6.07, 6.45) is 0. The molecule has 0 saturated carbocycles. The van der Waals surface area contributed by atoms with Gasteiger partial charge < -0.3 is 5.32 Å². The molecule has 1 amide bonds. The molecule has 0 aliphatic carbocycles. The molecule has 1 N–H and O–H groups in total. The van der Waals surface area contributed by atoms with Gasteiger partial charge in [0, 0.05) is 10.4 Å². The Balaban J connectivity index is 2.03. The highest BCUT2D eigenvalue weighted by molar-refractivity contribution is 7.11. The van der Waals surface area contributed by atoms with Crippen LogP contribution in [0.4, 0.5) is 0 Å². The highest BCUT2D eigenvalue weighted by Crippen LogP contribution is 2.16. The maximum atomic E-state index is 11.9. The number of amides is 1. The summed E-state index contributed by atoms with van der Waals surface area (Å²) in [5, 5.41) is 12.5. The fourth-order valence-corrected chi connectivity index (χ4v) is 2.48. The number of carbonyl (C=O) groups is 1. The average Bonchev–Trinajstić information content (AvgIpc) is 2.75. The van der Waals surface area contributed by atoms with E-state index in [0.29, 0.717) is 17.7 Å². The molecule has 0 radical (unpaired) electrons. The molecule has 1 heterocycles. The number of hydrogen-bond acceptors (Lipinski definition) is 4. The molecule has 0 atom stereocenters. The van der Waals surface area contributed by atoms with Crippen LogP contribution >= 0.6 is 11.3 Å². The lowest BCUT2D eigenvalue weighted by molar-refractivity contribution is 0.0951. The smallest absolute Gasteiger partial charge is 0.251 e. The van der Waals surface area contributed by atoms with Gasteiger partial charge >= 0.3 is 0 Å². The van der Waals surface area contributed by atoms with Gasteiger partial charge in [-0.05, 0) is 32.0 Å². The molecule has 4 nitrogen and oxygen atoms in total. The largest absolute Gasteiger partial charge is 0.346 e. The zero-order valence-corrected chi connectivity index (χ0v) is 11.5. The summed E-state index contributed by atoms with van der Waals surface area (Å²) >= 11 is 1.58. The van der Waals surface area contributed by atoms with Crippen LogP contribution in [0.15, 0.2) is 24.3 Å². The van der Waals surface area contributed by atoms with Crippen molar-refractivity contribution >= 4 is 17.2 Å². The van der Waals surface area contributed by atoms with Gasteiger partial charge in [-0.15, -0.1) is 11.3 Å². The van der Waals surface area contributed by atoms with Crippen LogP contribution in [0.5, 0.6) is 0 Å². The molecule has 0 saturated heterocycles. The molecule has 96 valence electrons. The summed E-state index contributed by atoms with van der Waals surface area (Å²) in [5.41, 5.74) is 1.97. The normalized spacial score (nSPS) is 9.95.